The van der Waals surface area contributed by atoms with Crippen molar-refractivity contribution in [3.63, 3.8) is 0 Å². The highest BCUT2D eigenvalue weighted by Crippen LogP contribution is 2.31. The normalized spacial score (nSPS) is 18.3. The van der Waals surface area contributed by atoms with Crippen molar-refractivity contribution in [3.8, 4) is 11.5 Å². The molecule has 4 rings (SSSR count). The van der Waals surface area contributed by atoms with Crippen LogP contribution in [0.15, 0.2) is 42.5 Å². The number of rotatable bonds is 6. The molecule has 1 saturated heterocycles. The largest absolute Gasteiger partial charge is 0.486 e. The SMILES string of the molecule is Clc1ccccc1C(CNCc1ccc2c(c1)OCCO2)N1CCOCC1. The van der Waals surface area contributed by atoms with E-state index in [0.29, 0.717) is 13.2 Å². The Bertz CT molecular complexity index is 765. The van der Waals surface area contributed by atoms with Crippen LogP contribution in [0.4, 0.5) is 0 Å². The van der Waals surface area contributed by atoms with Gasteiger partial charge in [-0.05, 0) is 29.3 Å². The summed E-state index contributed by atoms with van der Waals surface area (Å²) < 4.78 is 16.8. The Balaban J connectivity index is 1.43. The molecule has 27 heavy (non-hydrogen) atoms. The topological polar surface area (TPSA) is 43.0 Å². The Hall–Kier alpha value is -1.79. The average Bonchev–Trinajstić information content (AvgIpc) is 2.72. The Morgan fingerprint density at radius 3 is 2.56 bits per heavy atom. The van der Waals surface area contributed by atoms with E-state index in [4.69, 9.17) is 25.8 Å². The molecule has 2 heterocycles. The second-order valence-corrected chi connectivity index (χ2v) is 7.20. The highest BCUT2D eigenvalue weighted by atomic mass is 35.5. The molecule has 0 amide bonds. The van der Waals surface area contributed by atoms with Crippen molar-refractivity contribution in [2.45, 2.75) is 12.6 Å². The number of benzene rings is 2. The number of morpholine rings is 1. The molecular formula is C21H25ClN2O3. The van der Waals surface area contributed by atoms with Crippen molar-refractivity contribution in [2.24, 2.45) is 0 Å². The molecule has 1 N–H and O–H groups in total. The Kier molecular flexibility index (Phi) is 6.14. The van der Waals surface area contributed by atoms with Gasteiger partial charge in [0.05, 0.1) is 13.2 Å². The number of fused-ring (bicyclic) bond motifs is 1. The van der Waals surface area contributed by atoms with Gasteiger partial charge in [-0.2, -0.15) is 0 Å². The van der Waals surface area contributed by atoms with Crippen LogP contribution in [-0.2, 0) is 11.3 Å². The third kappa shape index (κ3) is 4.55. The van der Waals surface area contributed by atoms with Crippen LogP contribution in [-0.4, -0.2) is 51.0 Å². The Labute approximate surface area is 165 Å². The summed E-state index contributed by atoms with van der Waals surface area (Å²) in [6.45, 7) is 6.18. The molecule has 5 nitrogen and oxygen atoms in total. The maximum atomic E-state index is 6.50. The van der Waals surface area contributed by atoms with Crippen LogP contribution >= 0.6 is 11.6 Å². The van der Waals surface area contributed by atoms with Gasteiger partial charge in [0.25, 0.3) is 0 Å². The van der Waals surface area contributed by atoms with Gasteiger partial charge in [0.1, 0.15) is 13.2 Å². The van der Waals surface area contributed by atoms with E-state index in [9.17, 15) is 0 Å². The van der Waals surface area contributed by atoms with E-state index in [-0.39, 0.29) is 6.04 Å². The molecule has 0 bridgehead atoms. The Morgan fingerprint density at radius 1 is 0.963 bits per heavy atom. The first kappa shape index (κ1) is 18.6. The predicted octanol–water partition coefficient (Wildman–Crippen LogP) is 3.27. The summed E-state index contributed by atoms with van der Waals surface area (Å²) in [5.41, 5.74) is 2.34. The monoisotopic (exact) mass is 388 g/mol. The van der Waals surface area contributed by atoms with Gasteiger partial charge in [0.15, 0.2) is 11.5 Å². The number of ether oxygens (including phenoxy) is 3. The van der Waals surface area contributed by atoms with Crippen molar-refractivity contribution in [2.75, 3.05) is 46.1 Å². The first-order valence-electron chi connectivity index (χ1n) is 9.47. The number of halogens is 1. The first-order chi connectivity index (χ1) is 13.3. The lowest BCUT2D eigenvalue weighted by molar-refractivity contribution is 0.0161. The van der Waals surface area contributed by atoms with Gasteiger partial charge < -0.3 is 19.5 Å². The summed E-state index contributed by atoms with van der Waals surface area (Å²) in [7, 11) is 0. The molecule has 2 aliphatic rings. The fraction of sp³-hybridized carbons (Fsp3) is 0.429. The highest BCUT2D eigenvalue weighted by molar-refractivity contribution is 6.31. The van der Waals surface area contributed by atoms with Crippen molar-refractivity contribution in [1.29, 1.82) is 0 Å². The van der Waals surface area contributed by atoms with Crippen molar-refractivity contribution in [3.05, 3.63) is 58.6 Å². The van der Waals surface area contributed by atoms with Crippen LogP contribution in [0.1, 0.15) is 17.2 Å². The molecule has 0 saturated carbocycles. The zero-order chi connectivity index (χ0) is 18.5. The number of nitrogens with one attached hydrogen (secondary N) is 1. The minimum Gasteiger partial charge on any atom is -0.486 e. The molecule has 2 aromatic carbocycles. The lowest BCUT2D eigenvalue weighted by Gasteiger charge is -2.35. The summed E-state index contributed by atoms with van der Waals surface area (Å²) in [6.07, 6.45) is 0. The van der Waals surface area contributed by atoms with E-state index in [1.165, 1.54) is 5.56 Å². The molecule has 2 aromatic rings. The fourth-order valence-corrected chi connectivity index (χ4v) is 3.88. The maximum Gasteiger partial charge on any atom is 0.161 e. The lowest BCUT2D eigenvalue weighted by Crippen LogP contribution is -2.42. The van der Waals surface area contributed by atoms with Gasteiger partial charge in [-0.25, -0.2) is 0 Å². The average molecular weight is 389 g/mol. The molecule has 1 unspecified atom stereocenters. The zero-order valence-electron chi connectivity index (χ0n) is 15.3. The van der Waals surface area contributed by atoms with E-state index in [1.807, 2.05) is 18.2 Å². The van der Waals surface area contributed by atoms with Gasteiger partial charge in [0, 0.05) is 37.2 Å². The van der Waals surface area contributed by atoms with Crippen LogP contribution in [0.3, 0.4) is 0 Å². The second kappa shape index (κ2) is 8.93. The van der Waals surface area contributed by atoms with Gasteiger partial charge in [0.2, 0.25) is 0 Å². The van der Waals surface area contributed by atoms with E-state index in [0.717, 1.165) is 61.5 Å². The zero-order valence-corrected chi connectivity index (χ0v) is 16.1. The molecule has 1 fully saturated rings. The number of hydrogen-bond donors (Lipinski definition) is 1. The minimum absolute atomic E-state index is 0.222. The molecular weight excluding hydrogens is 364 g/mol. The maximum absolute atomic E-state index is 6.50. The minimum atomic E-state index is 0.222. The van der Waals surface area contributed by atoms with Gasteiger partial charge in [-0.3, -0.25) is 4.90 Å². The van der Waals surface area contributed by atoms with Gasteiger partial charge in [-0.15, -0.1) is 0 Å². The van der Waals surface area contributed by atoms with Gasteiger partial charge >= 0.3 is 0 Å². The number of nitrogens with zero attached hydrogens (tertiary/aromatic N) is 1. The molecule has 0 radical (unpaired) electrons. The van der Waals surface area contributed by atoms with E-state index >= 15 is 0 Å². The van der Waals surface area contributed by atoms with Crippen molar-refractivity contribution in [1.82, 2.24) is 10.2 Å². The summed E-state index contributed by atoms with van der Waals surface area (Å²) >= 11 is 6.50. The molecule has 6 heteroatoms. The van der Waals surface area contributed by atoms with Crippen LogP contribution < -0.4 is 14.8 Å². The molecule has 1 atom stereocenters. The molecule has 0 aliphatic carbocycles. The third-order valence-electron chi connectivity index (χ3n) is 5.02. The lowest BCUT2D eigenvalue weighted by atomic mass is 10.0. The molecule has 0 aromatic heterocycles. The standard InChI is InChI=1S/C21H25ClN2O3/c22-18-4-2-1-3-17(18)19(24-7-9-25-10-8-24)15-23-14-16-5-6-20-21(13-16)27-12-11-26-20/h1-6,13,19,23H,7-12,14-15H2. The number of hydrogen-bond acceptors (Lipinski definition) is 5. The van der Waals surface area contributed by atoms with Crippen molar-refractivity contribution < 1.29 is 14.2 Å². The van der Waals surface area contributed by atoms with E-state index < -0.39 is 0 Å². The highest BCUT2D eigenvalue weighted by Gasteiger charge is 2.24. The Morgan fingerprint density at radius 2 is 1.74 bits per heavy atom. The van der Waals surface area contributed by atoms with Gasteiger partial charge in [-0.1, -0.05) is 35.9 Å². The van der Waals surface area contributed by atoms with Crippen LogP contribution in [0, 0.1) is 0 Å². The van der Waals surface area contributed by atoms with Crippen molar-refractivity contribution >= 4 is 11.6 Å². The summed E-state index contributed by atoms with van der Waals surface area (Å²) in [4.78, 5) is 2.45. The quantitative estimate of drug-likeness (QED) is 0.822. The predicted molar refractivity (Wildman–Crippen MR) is 106 cm³/mol. The van der Waals surface area contributed by atoms with Crippen LogP contribution in [0.2, 0.25) is 5.02 Å². The summed E-state index contributed by atoms with van der Waals surface area (Å²) in [5.74, 6) is 1.66. The smallest absolute Gasteiger partial charge is 0.161 e. The third-order valence-corrected chi connectivity index (χ3v) is 5.37. The molecule has 0 spiro atoms. The van der Waals surface area contributed by atoms with Crippen LogP contribution in [0.25, 0.3) is 0 Å². The first-order valence-corrected chi connectivity index (χ1v) is 9.84. The fourth-order valence-electron chi connectivity index (χ4n) is 3.62. The molecule has 2 aliphatic heterocycles. The molecule has 144 valence electrons. The van der Waals surface area contributed by atoms with E-state index in [2.05, 4.69) is 34.5 Å². The van der Waals surface area contributed by atoms with Crippen LogP contribution in [0.5, 0.6) is 11.5 Å². The summed E-state index contributed by atoms with van der Waals surface area (Å²) in [6, 6.07) is 14.5. The van der Waals surface area contributed by atoms with E-state index in [1.54, 1.807) is 0 Å². The second-order valence-electron chi connectivity index (χ2n) is 6.79. The summed E-state index contributed by atoms with van der Waals surface area (Å²) in [5, 5.41) is 4.41.